The van der Waals surface area contributed by atoms with E-state index in [0.29, 0.717) is 0 Å². The quantitative estimate of drug-likeness (QED) is 0.694. The zero-order chi connectivity index (χ0) is 15.0. The third kappa shape index (κ3) is 3.41. The average Bonchev–Trinajstić information content (AvgIpc) is 2.45. The molecule has 0 radical (unpaired) electrons. The van der Waals surface area contributed by atoms with Crippen LogP contribution in [0.4, 0.5) is 5.82 Å². The Bertz CT molecular complexity index is 509. The van der Waals surface area contributed by atoms with Gasteiger partial charge in [-0.05, 0) is 40.6 Å². The maximum absolute atomic E-state index is 4.85. The molecule has 116 valence electrons. The third-order valence-corrected chi connectivity index (χ3v) is 5.37. The first-order valence-corrected chi connectivity index (χ1v) is 9.03. The molecule has 1 saturated carbocycles. The van der Waals surface area contributed by atoms with Crippen molar-refractivity contribution in [2.45, 2.75) is 58.3 Å². The van der Waals surface area contributed by atoms with Crippen LogP contribution in [0, 0.1) is 11.8 Å². The van der Waals surface area contributed by atoms with Gasteiger partial charge in [0.2, 0.25) is 0 Å². The minimum atomic E-state index is -0.0122. The number of anilines is 1. The van der Waals surface area contributed by atoms with Crippen LogP contribution < -0.4 is 4.90 Å². The molecule has 3 nitrogen and oxygen atoms in total. The Kier molecular flexibility index (Phi) is 4.26. The minimum Gasteiger partial charge on any atom is -0.356 e. The van der Waals surface area contributed by atoms with Crippen molar-refractivity contribution in [3.63, 3.8) is 0 Å². The van der Waals surface area contributed by atoms with Gasteiger partial charge < -0.3 is 4.90 Å². The SMILES string of the molecule is CC(C)(C)c1nc(Br)cc(N2CCC3CCCCC3C2)n1. The summed E-state index contributed by atoms with van der Waals surface area (Å²) in [4.78, 5) is 11.9. The average molecular weight is 352 g/mol. The van der Waals surface area contributed by atoms with Crippen molar-refractivity contribution in [3.8, 4) is 0 Å². The number of hydrogen-bond donors (Lipinski definition) is 0. The number of aromatic nitrogens is 2. The van der Waals surface area contributed by atoms with E-state index in [1.165, 1.54) is 38.6 Å². The zero-order valence-electron chi connectivity index (χ0n) is 13.4. The number of hydrogen-bond acceptors (Lipinski definition) is 3. The monoisotopic (exact) mass is 351 g/mol. The third-order valence-electron chi connectivity index (χ3n) is 4.97. The molecule has 21 heavy (non-hydrogen) atoms. The number of piperidine rings is 1. The second-order valence-corrected chi connectivity index (χ2v) is 8.47. The first kappa shape index (κ1) is 15.3. The predicted molar refractivity (Wildman–Crippen MR) is 90.7 cm³/mol. The number of rotatable bonds is 1. The van der Waals surface area contributed by atoms with Crippen molar-refractivity contribution in [1.29, 1.82) is 0 Å². The van der Waals surface area contributed by atoms with Gasteiger partial charge in [-0.1, -0.05) is 40.0 Å². The molecule has 1 aromatic rings. The maximum Gasteiger partial charge on any atom is 0.137 e. The van der Waals surface area contributed by atoms with Gasteiger partial charge in [-0.15, -0.1) is 0 Å². The molecule has 2 unspecified atom stereocenters. The van der Waals surface area contributed by atoms with Gasteiger partial charge in [0.25, 0.3) is 0 Å². The second-order valence-electron chi connectivity index (χ2n) is 7.66. The summed E-state index contributed by atoms with van der Waals surface area (Å²) in [6.07, 6.45) is 7.03. The largest absolute Gasteiger partial charge is 0.356 e. The Morgan fingerprint density at radius 2 is 1.81 bits per heavy atom. The van der Waals surface area contributed by atoms with Crippen LogP contribution in [0.1, 0.15) is 58.7 Å². The Morgan fingerprint density at radius 1 is 1.10 bits per heavy atom. The van der Waals surface area contributed by atoms with Gasteiger partial charge in [0.1, 0.15) is 16.2 Å². The van der Waals surface area contributed by atoms with Crippen LogP contribution in [0.5, 0.6) is 0 Å². The van der Waals surface area contributed by atoms with E-state index in [-0.39, 0.29) is 5.41 Å². The molecule has 0 bridgehead atoms. The summed E-state index contributed by atoms with van der Waals surface area (Å²) in [7, 11) is 0. The highest BCUT2D eigenvalue weighted by atomic mass is 79.9. The summed E-state index contributed by atoms with van der Waals surface area (Å²) < 4.78 is 0.906. The standard InChI is InChI=1S/C17H26BrN3/c1-17(2,3)16-19-14(18)10-15(20-16)21-9-8-12-6-4-5-7-13(12)11-21/h10,12-13H,4-9,11H2,1-3H3. The van der Waals surface area contributed by atoms with Gasteiger partial charge >= 0.3 is 0 Å². The Balaban J connectivity index is 1.82. The van der Waals surface area contributed by atoms with Gasteiger partial charge in [-0.25, -0.2) is 9.97 Å². The Morgan fingerprint density at radius 3 is 2.52 bits per heavy atom. The van der Waals surface area contributed by atoms with Crippen LogP contribution in [-0.4, -0.2) is 23.1 Å². The van der Waals surface area contributed by atoms with Crippen molar-refractivity contribution in [2.75, 3.05) is 18.0 Å². The fourth-order valence-corrected chi connectivity index (χ4v) is 4.08. The van der Waals surface area contributed by atoms with Crippen LogP contribution >= 0.6 is 15.9 Å². The number of fused-ring (bicyclic) bond motifs is 1. The summed E-state index contributed by atoms with van der Waals surface area (Å²) in [5.74, 6) is 3.87. The number of nitrogens with zero attached hydrogens (tertiary/aromatic N) is 3. The van der Waals surface area contributed by atoms with Crippen LogP contribution in [-0.2, 0) is 5.41 Å². The summed E-state index contributed by atoms with van der Waals surface area (Å²) >= 11 is 3.56. The van der Waals surface area contributed by atoms with Crippen molar-refractivity contribution < 1.29 is 0 Å². The highest BCUT2D eigenvalue weighted by Crippen LogP contribution is 2.37. The lowest BCUT2D eigenvalue weighted by molar-refractivity contribution is 0.202. The molecule has 2 heterocycles. The van der Waals surface area contributed by atoms with Gasteiger partial charge in [0.05, 0.1) is 0 Å². The van der Waals surface area contributed by atoms with E-state index >= 15 is 0 Å². The van der Waals surface area contributed by atoms with Crippen LogP contribution in [0.25, 0.3) is 0 Å². The van der Waals surface area contributed by atoms with E-state index in [1.807, 2.05) is 0 Å². The van der Waals surface area contributed by atoms with Gasteiger partial charge in [0, 0.05) is 24.6 Å². The Hall–Kier alpha value is -0.640. The first-order chi connectivity index (χ1) is 9.93. The van der Waals surface area contributed by atoms with Gasteiger partial charge in [0.15, 0.2) is 0 Å². The lowest BCUT2D eigenvalue weighted by Gasteiger charge is -2.42. The smallest absolute Gasteiger partial charge is 0.137 e. The minimum absolute atomic E-state index is 0.0122. The van der Waals surface area contributed by atoms with Crippen LogP contribution in [0.3, 0.4) is 0 Å². The topological polar surface area (TPSA) is 29.0 Å². The van der Waals surface area contributed by atoms with E-state index in [2.05, 4.69) is 52.7 Å². The zero-order valence-corrected chi connectivity index (χ0v) is 15.0. The molecule has 0 amide bonds. The molecule has 1 aliphatic carbocycles. The maximum atomic E-state index is 4.85. The number of halogens is 1. The van der Waals surface area contributed by atoms with Crippen molar-refractivity contribution in [2.24, 2.45) is 11.8 Å². The highest BCUT2D eigenvalue weighted by molar-refractivity contribution is 9.10. The molecule has 4 heteroatoms. The van der Waals surface area contributed by atoms with Crippen molar-refractivity contribution in [3.05, 3.63) is 16.5 Å². The van der Waals surface area contributed by atoms with Gasteiger partial charge in [-0.2, -0.15) is 0 Å². The summed E-state index contributed by atoms with van der Waals surface area (Å²) in [6.45, 7) is 8.84. The molecule has 3 rings (SSSR count). The molecule has 2 aliphatic rings. The molecular formula is C17H26BrN3. The van der Waals surface area contributed by atoms with Crippen molar-refractivity contribution in [1.82, 2.24) is 9.97 Å². The molecule has 1 aliphatic heterocycles. The predicted octanol–water partition coefficient (Wildman–Crippen LogP) is 4.55. The van der Waals surface area contributed by atoms with E-state index in [4.69, 9.17) is 4.98 Å². The van der Waals surface area contributed by atoms with Crippen LogP contribution in [0.15, 0.2) is 10.7 Å². The molecule has 2 fully saturated rings. The molecular weight excluding hydrogens is 326 g/mol. The second kappa shape index (κ2) is 5.86. The lowest BCUT2D eigenvalue weighted by Crippen LogP contribution is -2.42. The molecule has 1 aromatic heterocycles. The highest BCUT2D eigenvalue weighted by Gasteiger charge is 2.32. The van der Waals surface area contributed by atoms with Gasteiger partial charge in [-0.3, -0.25) is 0 Å². The lowest BCUT2D eigenvalue weighted by atomic mass is 9.75. The van der Waals surface area contributed by atoms with E-state index in [0.717, 1.165) is 34.6 Å². The molecule has 2 atom stereocenters. The molecule has 0 spiro atoms. The van der Waals surface area contributed by atoms with Crippen LogP contribution in [0.2, 0.25) is 0 Å². The summed E-state index contributed by atoms with van der Waals surface area (Å²) in [5.41, 5.74) is -0.0122. The summed E-state index contributed by atoms with van der Waals surface area (Å²) in [6, 6.07) is 2.08. The summed E-state index contributed by atoms with van der Waals surface area (Å²) in [5, 5.41) is 0. The van der Waals surface area contributed by atoms with E-state index in [1.54, 1.807) is 0 Å². The fraction of sp³-hybridized carbons (Fsp3) is 0.765. The van der Waals surface area contributed by atoms with E-state index < -0.39 is 0 Å². The molecule has 1 saturated heterocycles. The Labute approximate surface area is 136 Å². The molecule has 0 N–H and O–H groups in total. The first-order valence-electron chi connectivity index (χ1n) is 8.23. The molecule has 0 aromatic carbocycles. The fourth-order valence-electron chi connectivity index (χ4n) is 3.71. The van der Waals surface area contributed by atoms with Crippen molar-refractivity contribution >= 4 is 21.7 Å². The van der Waals surface area contributed by atoms with E-state index in [9.17, 15) is 0 Å². The normalized spacial score (nSPS) is 26.6.